The fraction of sp³-hybridized carbons (Fsp3) is 0.407. The van der Waals surface area contributed by atoms with Crippen molar-refractivity contribution in [2.45, 2.75) is 46.3 Å². The minimum absolute atomic E-state index is 0.0691. The molecule has 0 saturated carbocycles. The van der Waals surface area contributed by atoms with Crippen molar-refractivity contribution in [2.24, 2.45) is 0 Å². The highest BCUT2D eigenvalue weighted by atomic mass is 16.5. The van der Waals surface area contributed by atoms with E-state index < -0.39 is 6.04 Å². The molecule has 6 heteroatoms. The number of amides is 1. The predicted molar refractivity (Wildman–Crippen MR) is 130 cm³/mol. The molecule has 33 heavy (non-hydrogen) atoms. The number of benzene rings is 2. The average Bonchev–Trinajstić information content (AvgIpc) is 3.09. The van der Waals surface area contributed by atoms with E-state index in [1.54, 1.807) is 17.0 Å². The summed E-state index contributed by atoms with van der Waals surface area (Å²) >= 11 is 0. The van der Waals surface area contributed by atoms with E-state index in [4.69, 9.17) is 9.15 Å². The standard InChI is InChI=1S/C27H32N2O4/c1-5-28(6-2)16-9-17-29-24(19-12-14-20(15-13-19)32-18(3)4)23-25(30)21-10-7-8-11-22(21)33-26(23)27(29)31/h7-8,10-15,18,24H,5-6,9,16-17H2,1-4H3/t24-/m0/s1. The molecular formula is C27H32N2O4. The molecule has 0 radical (unpaired) electrons. The van der Waals surface area contributed by atoms with Crippen molar-refractivity contribution in [3.63, 3.8) is 0 Å². The van der Waals surface area contributed by atoms with Crippen LogP contribution in [0.15, 0.2) is 57.7 Å². The third-order valence-corrected chi connectivity index (χ3v) is 6.21. The largest absolute Gasteiger partial charge is 0.491 e. The van der Waals surface area contributed by atoms with Gasteiger partial charge in [0.15, 0.2) is 5.43 Å². The van der Waals surface area contributed by atoms with Crippen molar-refractivity contribution in [3.05, 3.63) is 75.6 Å². The second-order valence-electron chi connectivity index (χ2n) is 8.69. The molecule has 0 bridgehead atoms. The van der Waals surface area contributed by atoms with Gasteiger partial charge in [-0.3, -0.25) is 9.59 Å². The van der Waals surface area contributed by atoms with E-state index in [9.17, 15) is 9.59 Å². The molecule has 6 nitrogen and oxygen atoms in total. The maximum absolute atomic E-state index is 13.5. The Balaban J connectivity index is 1.75. The van der Waals surface area contributed by atoms with Gasteiger partial charge in [-0.05, 0) is 69.7 Å². The number of para-hydroxylation sites is 1. The monoisotopic (exact) mass is 448 g/mol. The molecule has 0 unspecified atom stereocenters. The zero-order valence-corrected chi connectivity index (χ0v) is 19.8. The SMILES string of the molecule is CCN(CC)CCCN1C(=O)c2oc3ccccc3c(=O)c2[C@@H]1c1ccc(OC(C)C)cc1. The first-order valence-corrected chi connectivity index (χ1v) is 11.8. The summed E-state index contributed by atoms with van der Waals surface area (Å²) in [5.41, 5.74) is 1.61. The predicted octanol–water partition coefficient (Wildman–Crippen LogP) is 4.86. The van der Waals surface area contributed by atoms with Crippen molar-refractivity contribution in [1.29, 1.82) is 0 Å². The Bertz CT molecular complexity index is 1180. The van der Waals surface area contributed by atoms with E-state index in [0.29, 0.717) is 23.1 Å². The van der Waals surface area contributed by atoms with E-state index >= 15 is 0 Å². The minimum atomic E-state index is -0.474. The van der Waals surface area contributed by atoms with E-state index in [1.165, 1.54) is 0 Å². The number of fused-ring (bicyclic) bond motifs is 2. The van der Waals surface area contributed by atoms with Crippen LogP contribution in [0.2, 0.25) is 0 Å². The fourth-order valence-corrected chi connectivity index (χ4v) is 4.55. The first-order valence-electron chi connectivity index (χ1n) is 11.8. The van der Waals surface area contributed by atoms with Gasteiger partial charge in [0.25, 0.3) is 5.91 Å². The molecule has 0 saturated heterocycles. The smallest absolute Gasteiger partial charge is 0.290 e. The molecule has 1 atom stereocenters. The molecule has 2 heterocycles. The maximum atomic E-state index is 13.5. The highest BCUT2D eigenvalue weighted by Gasteiger charge is 2.42. The van der Waals surface area contributed by atoms with Gasteiger partial charge in [0.2, 0.25) is 5.76 Å². The van der Waals surface area contributed by atoms with Gasteiger partial charge in [0, 0.05) is 6.54 Å². The zero-order valence-electron chi connectivity index (χ0n) is 19.8. The van der Waals surface area contributed by atoms with Crippen molar-refractivity contribution in [2.75, 3.05) is 26.2 Å². The van der Waals surface area contributed by atoms with E-state index in [0.717, 1.165) is 37.4 Å². The molecule has 0 N–H and O–H groups in total. The van der Waals surface area contributed by atoms with E-state index in [2.05, 4.69) is 18.7 Å². The minimum Gasteiger partial charge on any atom is -0.491 e. The summed E-state index contributed by atoms with van der Waals surface area (Å²) in [6.07, 6.45) is 0.889. The molecule has 174 valence electrons. The van der Waals surface area contributed by atoms with Crippen LogP contribution in [0, 0.1) is 0 Å². The number of hydrogen-bond donors (Lipinski definition) is 0. The van der Waals surface area contributed by atoms with Crippen molar-refractivity contribution in [3.8, 4) is 5.75 Å². The van der Waals surface area contributed by atoms with Crippen LogP contribution in [0.5, 0.6) is 5.75 Å². The molecule has 1 aliphatic heterocycles. The van der Waals surface area contributed by atoms with Gasteiger partial charge < -0.3 is 19.0 Å². The summed E-state index contributed by atoms with van der Waals surface area (Å²) in [5.74, 6) is 0.700. The molecule has 0 aliphatic carbocycles. The molecule has 1 amide bonds. The van der Waals surface area contributed by atoms with Crippen LogP contribution in [-0.4, -0.2) is 48.0 Å². The van der Waals surface area contributed by atoms with Crippen LogP contribution in [-0.2, 0) is 0 Å². The Hall–Kier alpha value is -3.12. The van der Waals surface area contributed by atoms with Crippen LogP contribution in [0.1, 0.15) is 61.8 Å². The Labute approximate surface area is 194 Å². The average molecular weight is 449 g/mol. The molecule has 1 aromatic heterocycles. The highest BCUT2D eigenvalue weighted by Crippen LogP contribution is 2.38. The summed E-state index contributed by atoms with van der Waals surface area (Å²) in [4.78, 5) is 31.1. The maximum Gasteiger partial charge on any atom is 0.290 e. The number of nitrogens with zero attached hydrogens (tertiary/aromatic N) is 2. The molecule has 0 fully saturated rings. The van der Waals surface area contributed by atoms with Gasteiger partial charge in [-0.1, -0.05) is 38.1 Å². The number of carbonyl (C=O) groups excluding carboxylic acids is 1. The first kappa shape index (κ1) is 23.1. The number of hydrogen-bond acceptors (Lipinski definition) is 5. The summed E-state index contributed by atoms with van der Waals surface area (Å²) in [6.45, 7) is 11.6. The lowest BCUT2D eigenvalue weighted by molar-refractivity contribution is 0.0720. The van der Waals surface area contributed by atoms with Gasteiger partial charge in [-0.2, -0.15) is 0 Å². The Morgan fingerprint density at radius 3 is 2.39 bits per heavy atom. The Kier molecular flexibility index (Phi) is 6.84. The van der Waals surface area contributed by atoms with Crippen LogP contribution >= 0.6 is 0 Å². The summed E-state index contributed by atoms with van der Waals surface area (Å²) < 4.78 is 11.8. The summed E-state index contributed by atoms with van der Waals surface area (Å²) in [6, 6.07) is 14.3. The fourth-order valence-electron chi connectivity index (χ4n) is 4.55. The molecular weight excluding hydrogens is 416 g/mol. The van der Waals surface area contributed by atoms with Crippen LogP contribution < -0.4 is 10.2 Å². The van der Waals surface area contributed by atoms with Crippen LogP contribution in [0.4, 0.5) is 0 Å². The van der Waals surface area contributed by atoms with E-state index in [1.807, 2.05) is 50.2 Å². The summed E-state index contributed by atoms with van der Waals surface area (Å²) in [7, 11) is 0. The molecule has 0 spiro atoms. The van der Waals surface area contributed by atoms with Crippen LogP contribution in [0.25, 0.3) is 11.0 Å². The molecule has 1 aliphatic rings. The van der Waals surface area contributed by atoms with Crippen molar-refractivity contribution >= 4 is 16.9 Å². The number of ether oxygens (including phenoxy) is 1. The lowest BCUT2D eigenvalue weighted by Gasteiger charge is -2.27. The lowest BCUT2D eigenvalue weighted by Crippen LogP contribution is -2.33. The lowest BCUT2D eigenvalue weighted by atomic mass is 9.98. The quantitative estimate of drug-likeness (QED) is 0.468. The zero-order chi connectivity index (χ0) is 23.5. The van der Waals surface area contributed by atoms with Crippen molar-refractivity contribution in [1.82, 2.24) is 9.80 Å². The Morgan fingerprint density at radius 2 is 1.73 bits per heavy atom. The first-order chi connectivity index (χ1) is 15.9. The normalized spacial score (nSPS) is 15.6. The highest BCUT2D eigenvalue weighted by molar-refractivity contribution is 5.99. The molecule has 4 rings (SSSR count). The third-order valence-electron chi connectivity index (χ3n) is 6.21. The molecule has 2 aromatic carbocycles. The van der Waals surface area contributed by atoms with Gasteiger partial charge in [0.05, 0.1) is 23.1 Å². The topological polar surface area (TPSA) is 63.0 Å². The second-order valence-corrected chi connectivity index (χ2v) is 8.69. The number of carbonyl (C=O) groups is 1. The van der Waals surface area contributed by atoms with Gasteiger partial charge in [-0.25, -0.2) is 0 Å². The third kappa shape index (κ3) is 4.53. The van der Waals surface area contributed by atoms with Crippen LogP contribution in [0.3, 0.4) is 0 Å². The number of rotatable bonds is 9. The summed E-state index contributed by atoms with van der Waals surface area (Å²) in [5, 5.41) is 0.499. The second kappa shape index (κ2) is 9.79. The van der Waals surface area contributed by atoms with Crippen molar-refractivity contribution < 1.29 is 13.9 Å². The molecule has 3 aromatic rings. The Morgan fingerprint density at radius 1 is 1.03 bits per heavy atom. The van der Waals surface area contributed by atoms with E-state index in [-0.39, 0.29) is 23.2 Å². The van der Waals surface area contributed by atoms with Gasteiger partial charge in [0.1, 0.15) is 11.3 Å². The van der Waals surface area contributed by atoms with Gasteiger partial charge >= 0.3 is 0 Å². The van der Waals surface area contributed by atoms with Gasteiger partial charge in [-0.15, -0.1) is 0 Å².